The molecule has 20 heavy (non-hydrogen) atoms. The number of benzene rings is 1. The summed E-state index contributed by atoms with van der Waals surface area (Å²) in [5.41, 5.74) is 3.20. The SMILES string of the molecule is CCC(C)NC(=O)/C(C#N)=C\Nc1cc(C)cc(C)c1. The molecule has 0 aliphatic heterocycles. The molecule has 1 unspecified atom stereocenters. The van der Waals surface area contributed by atoms with Crippen LogP contribution in [-0.4, -0.2) is 11.9 Å². The number of nitriles is 1. The van der Waals surface area contributed by atoms with Gasteiger partial charge in [-0.15, -0.1) is 0 Å². The molecule has 1 aromatic rings. The van der Waals surface area contributed by atoms with Crippen molar-refractivity contribution in [2.75, 3.05) is 5.32 Å². The van der Waals surface area contributed by atoms with Gasteiger partial charge in [0.15, 0.2) is 0 Å². The van der Waals surface area contributed by atoms with E-state index in [1.165, 1.54) is 6.20 Å². The van der Waals surface area contributed by atoms with Crippen molar-refractivity contribution in [2.45, 2.75) is 40.2 Å². The lowest BCUT2D eigenvalue weighted by atomic mass is 10.1. The van der Waals surface area contributed by atoms with Gasteiger partial charge in [-0.2, -0.15) is 5.26 Å². The van der Waals surface area contributed by atoms with Crippen LogP contribution in [0.3, 0.4) is 0 Å². The Morgan fingerprint density at radius 3 is 2.45 bits per heavy atom. The highest BCUT2D eigenvalue weighted by atomic mass is 16.1. The van der Waals surface area contributed by atoms with Crippen LogP contribution in [0.2, 0.25) is 0 Å². The van der Waals surface area contributed by atoms with Crippen molar-refractivity contribution in [3.63, 3.8) is 0 Å². The molecule has 0 aliphatic rings. The largest absolute Gasteiger partial charge is 0.360 e. The fourth-order valence-electron chi connectivity index (χ4n) is 1.77. The van der Waals surface area contributed by atoms with Crippen LogP contribution >= 0.6 is 0 Å². The van der Waals surface area contributed by atoms with E-state index in [2.05, 4.69) is 16.7 Å². The topological polar surface area (TPSA) is 64.9 Å². The molecule has 0 saturated heterocycles. The van der Waals surface area contributed by atoms with Gasteiger partial charge in [-0.1, -0.05) is 13.0 Å². The monoisotopic (exact) mass is 271 g/mol. The molecule has 0 saturated carbocycles. The molecule has 0 heterocycles. The minimum atomic E-state index is -0.348. The van der Waals surface area contributed by atoms with Gasteiger partial charge in [0.1, 0.15) is 11.6 Å². The molecule has 4 nitrogen and oxygen atoms in total. The Morgan fingerprint density at radius 2 is 1.95 bits per heavy atom. The molecule has 2 N–H and O–H groups in total. The molecular weight excluding hydrogens is 250 g/mol. The zero-order valence-corrected chi connectivity index (χ0v) is 12.4. The fourth-order valence-corrected chi connectivity index (χ4v) is 1.77. The van der Waals surface area contributed by atoms with Crippen molar-refractivity contribution in [2.24, 2.45) is 0 Å². The van der Waals surface area contributed by atoms with E-state index >= 15 is 0 Å². The number of aryl methyl sites for hydroxylation is 2. The van der Waals surface area contributed by atoms with Gasteiger partial charge in [0.05, 0.1) is 0 Å². The first-order valence-electron chi connectivity index (χ1n) is 6.72. The Morgan fingerprint density at radius 1 is 1.35 bits per heavy atom. The molecule has 1 aromatic carbocycles. The summed E-state index contributed by atoms with van der Waals surface area (Å²) >= 11 is 0. The molecule has 1 amide bonds. The first kappa shape index (κ1) is 15.8. The van der Waals surface area contributed by atoms with Crippen molar-refractivity contribution >= 4 is 11.6 Å². The smallest absolute Gasteiger partial charge is 0.263 e. The molecule has 0 aliphatic carbocycles. The third-order valence-electron chi connectivity index (χ3n) is 2.96. The van der Waals surface area contributed by atoms with E-state index in [9.17, 15) is 4.79 Å². The van der Waals surface area contributed by atoms with Crippen LogP contribution in [0.15, 0.2) is 30.0 Å². The van der Waals surface area contributed by atoms with E-state index in [-0.39, 0.29) is 17.5 Å². The minimum Gasteiger partial charge on any atom is -0.360 e. The van der Waals surface area contributed by atoms with Crippen molar-refractivity contribution < 1.29 is 4.79 Å². The number of carbonyl (C=O) groups is 1. The van der Waals surface area contributed by atoms with E-state index in [1.807, 2.05) is 45.9 Å². The minimum absolute atomic E-state index is 0.0560. The first-order chi connectivity index (χ1) is 9.46. The van der Waals surface area contributed by atoms with Crippen LogP contribution in [0.1, 0.15) is 31.4 Å². The Balaban J connectivity index is 2.80. The van der Waals surface area contributed by atoms with Crippen LogP contribution in [0.4, 0.5) is 5.69 Å². The summed E-state index contributed by atoms with van der Waals surface area (Å²) in [6, 6.07) is 7.97. The highest BCUT2D eigenvalue weighted by molar-refractivity contribution is 5.97. The third-order valence-corrected chi connectivity index (χ3v) is 2.96. The lowest BCUT2D eigenvalue weighted by molar-refractivity contribution is -0.117. The summed E-state index contributed by atoms with van der Waals surface area (Å²) in [5.74, 6) is -0.348. The Hall–Kier alpha value is -2.28. The van der Waals surface area contributed by atoms with Crippen molar-refractivity contribution in [1.29, 1.82) is 5.26 Å². The number of anilines is 1. The normalized spacial score (nSPS) is 12.4. The van der Waals surface area contributed by atoms with Crippen LogP contribution < -0.4 is 10.6 Å². The summed E-state index contributed by atoms with van der Waals surface area (Å²) in [6.07, 6.45) is 2.28. The Labute approximate surface area is 120 Å². The van der Waals surface area contributed by atoms with Gasteiger partial charge in [-0.05, 0) is 50.5 Å². The van der Waals surface area contributed by atoms with E-state index < -0.39 is 0 Å². The van der Waals surface area contributed by atoms with Gasteiger partial charge in [0, 0.05) is 17.9 Å². The van der Waals surface area contributed by atoms with E-state index in [4.69, 9.17) is 5.26 Å². The van der Waals surface area contributed by atoms with E-state index in [0.29, 0.717) is 0 Å². The lowest BCUT2D eigenvalue weighted by Crippen LogP contribution is -2.33. The quantitative estimate of drug-likeness (QED) is 0.639. The van der Waals surface area contributed by atoms with Gasteiger partial charge in [0.25, 0.3) is 5.91 Å². The van der Waals surface area contributed by atoms with Gasteiger partial charge >= 0.3 is 0 Å². The number of rotatable bonds is 5. The number of nitrogens with one attached hydrogen (secondary N) is 2. The molecule has 1 atom stereocenters. The van der Waals surface area contributed by atoms with Gasteiger partial charge in [0.2, 0.25) is 0 Å². The zero-order valence-electron chi connectivity index (χ0n) is 12.4. The summed E-state index contributed by atoms with van der Waals surface area (Å²) in [5, 5.41) is 14.8. The zero-order chi connectivity index (χ0) is 15.1. The van der Waals surface area contributed by atoms with Gasteiger partial charge in [-0.25, -0.2) is 0 Å². The summed E-state index contributed by atoms with van der Waals surface area (Å²) in [6.45, 7) is 7.89. The number of hydrogen-bond acceptors (Lipinski definition) is 3. The number of carbonyl (C=O) groups excluding carboxylic acids is 1. The van der Waals surface area contributed by atoms with Crippen molar-refractivity contribution in [3.05, 3.63) is 41.1 Å². The summed E-state index contributed by atoms with van der Waals surface area (Å²) in [7, 11) is 0. The van der Waals surface area contributed by atoms with E-state index in [1.54, 1.807) is 0 Å². The molecule has 4 heteroatoms. The predicted molar refractivity (Wildman–Crippen MR) is 81.1 cm³/mol. The van der Waals surface area contributed by atoms with Crippen LogP contribution in [0.5, 0.6) is 0 Å². The molecule has 0 aromatic heterocycles. The summed E-state index contributed by atoms with van der Waals surface area (Å²) in [4.78, 5) is 11.9. The standard InChI is InChI=1S/C16H21N3O/c1-5-13(4)19-16(20)14(9-17)10-18-15-7-11(2)6-12(3)8-15/h6-8,10,13,18H,5H2,1-4H3,(H,19,20)/b14-10-. The van der Waals surface area contributed by atoms with Crippen LogP contribution in [0, 0.1) is 25.2 Å². The maximum atomic E-state index is 11.9. The molecule has 0 bridgehead atoms. The van der Waals surface area contributed by atoms with Crippen molar-refractivity contribution in [3.8, 4) is 6.07 Å². The van der Waals surface area contributed by atoms with Gasteiger partial charge < -0.3 is 10.6 Å². The second-order valence-corrected chi connectivity index (χ2v) is 4.97. The van der Waals surface area contributed by atoms with E-state index in [0.717, 1.165) is 23.2 Å². The second kappa shape index (κ2) is 7.34. The molecular formula is C16H21N3O. The number of amides is 1. The average Bonchev–Trinajstić information content (AvgIpc) is 2.38. The molecule has 0 fully saturated rings. The number of nitrogens with zero attached hydrogens (tertiary/aromatic N) is 1. The molecule has 0 spiro atoms. The molecule has 106 valence electrons. The maximum absolute atomic E-state index is 11.9. The second-order valence-electron chi connectivity index (χ2n) is 4.97. The average molecular weight is 271 g/mol. The molecule has 0 radical (unpaired) electrons. The van der Waals surface area contributed by atoms with Crippen molar-refractivity contribution in [1.82, 2.24) is 5.32 Å². The highest BCUT2D eigenvalue weighted by Gasteiger charge is 2.10. The summed E-state index contributed by atoms with van der Waals surface area (Å²) < 4.78 is 0. The predicted octanol–water partition coefficient (Wildman–Crippen LogP) is 3.04. The molecule has 1 rings (SSSR count). The Bertz CT molecular complexity index is 535. The number of hydrogen-bond donors (Lipinski definition) is 2. The Kier molecular flexibility index (Phi) is 5.79. The first-order valence-corrected chi connectivity index (χ1v) is 6.72. The van der Waals surface area contributed by atoms with Crippen LogP contribution in [0.25, 0.3) is 0 Å². The fraction of sp³-hybridized carbons (Fsp3) is 0.375. The maximum Gasteiger partial charge on any atom is 0.263 e. The van der Waals surface area contributed by atoms with Gasteiger partial charge in [-0.3, -0.25) is 4.79 Å². The van der Waals surface area contributed by atoms with Crippen LogP contribution in [-0.2, 0) is 4.79 Å². The third kappa shape index (κ3) is 4.77. The lowest BCUT2D eigenvalue weighted by Gasteiger charge is -2.11. The highest BCUT2D eigenvalue weighted by Crippen LogP contribution is 2.14.